The highest BCUT2D eigenvalue weighted by atomic mass is 19.1. The molecule has 0 radical (unpaired) electrons. The average molecular weight is 434 g/mol. The molecule has 164 valence electrons. The summed E-state index contributed by atoms with van der Waals surface area (Å²) in [6.07, 6.45) is 2.56. The van der Waals surface area contributed by atoms with Gasteiger partial charge < -0.3 is 13.9 Å². The van der Waals surface area contributed by atoms with Crippen LogP contribution in [0.5, 0.6) is 11.5 Å². The molecule has 2 aromatic carbocycles. The maximum atomic E-state index is 13.3. The molecule has 0 saturated heterocycles. The quantitative estimate of drug-likeness (QED) is 0.445. The number of fused-ring (bicyclic) bond motifs is 2. The molecule has 0 bridgehead atoms. The van der Waals surface area contributed by atoms with Gasteiger partial charge in [-0.15, -0.1) is 0 Å². The van der Waals surface area contributed by atoms with Gasteiger partial charge in [-0.25, -0.2) is 4.39 Å². The van der Waals surface area contributed by atoms with Crippen molar-refractivity contribution in [2.24, 2.45) is 0 Å². The van der Waals surface area contributed by atoms with Crippen molar-refractivity contribution in [3.05, 3.63) is 76.1 Å². The zero-order valence-corrected chi connectivity index (χ0v) is 17.9. The number of methoxy groups -OCH3 is 2. The van der Waals surface area contributed by atoms with Crippen LogP contribution in [0, 0.1) is 5.82 Å². The van der Waals surface area contributed by atoms with Crippen molar-refractivity contribution >= 4 is 11.1 Å². The Morgan fingerprint density at radius 1 is 1.09 bits per heavy atom. The lowest BCUT2D eigenvalue weighted by atomic mass is 9.91. The van der Waals surface area contributed by atoms with Gasteiger partial charge in [0.2, 0.25) is 5.71 Å². The molecule has 0 N–H and O–H groups in total. The fourth-order valence-corrected chi connectivity index (χ4v) is 4.43. The van der Waals surface area contributed by atoms with Crippen molar-refractivity contribution in [1.82, 2.24) is 9.55 Å². The predicted octanol–water partition coefficient (Wildman–Crippen LogP) is 4.93. The van der Waals surface area contributed by atoms with E-state index in [0.29, 0.717) is 40.5 Å². The smallest absolute Gasteiger partial charge is 0.264 e. The first-order chi connectivity index (χ1) is 15.6. The fourth-order valence-electron chi connectivity index (χ4n) is 4.43. The SMILES string of the molecule is COc1ccc(CC2CCCn3c2nc2oc(-c4ccc(F)cc4)cc2c3=O)cc1OC. The number of rotatable bonds is 5. The zero-order chi connectivity index (χ0) is 22.2. The van der Waals surface area contributed by atoms with Crippen LogP contribution in [-0.4, -0.2) is 23.8 Å². The third-order valence-electron chi connectivity index (χ3n) is 6.04. The maximum absolute atomic E-state index is 13.3. The second-order valence-corrected chi connectivity index (χ2v) is 8.00. The molecule has 7 heteroatoms. The van der Waals surface area contributed by atoms with Gasteiger partial charge in [0.1, 0.15) is 22.8 Å². The number of halogens is 1. The van der Waals surface area contributed by atoms with E-state index in [4.69, 9.17) is 18.9 Å². The molecular weight excluding hydrogens is 411 g/mol. The summed E-state index contributed by atoms with van der Waals surface area (Å²) in [6.45, 7) is 0.636. The van der Waals surface area contributed by atoms with Gasteiger partial charge in [0, 0.05) is 18.0 Å². The number of furan rings is 1. The van der Waals surface area contributed by atoms with Gasteiger partial charge in [-0.05, 0) is 67.3 Å². The van der Waals surface area contributed by atoms with Crippen molar-refractivity contribution in [1.29, 1.82) is 0 Å². The third kappa shape index (κ3) is 3.53. The van der Waals surface area contributed by atoms with Crippen molar-refractivity contribution < 1.29 is 18.3 Å². The number of benzene rings is 2. The monoisotopic (exact) mass is 434 g/mol. The van der Waals surface area contributed by atoms with Crippen molar-refractivity contribution in [3.63, 3.8) is 0 Å². The van der Waals surface area contributed by atoms with Gasteiger partial charge in [0.05, 0.1) is 14.2 Å². The molecule has 6 nitrogen and oxygen atoms in total. The summed E-state index contributed by atoms with van der Waals surface area (Å²) in [5.41, 5.74) is 2.01. The Morgan fingerprint density at radius 3 is 2.62 bits per heavy atom. The molecule has 0 fully saturated rings. The third-order valence-corrected chi connectivity index (χ3v) is 6.04. The minimum absolute atomic E-state index is 0.0818. The summed E-state index contributed by atoms with van der Waals surface area (Å²) >= 11 is 0. The Morgan fingerprint density at radius 2 is 1.88 bits per heavy atom. The van der Waals surface area contributed by atoms with Crippen LogP contribution in [0.3, 0.4) is 0 Å². The molecular formula is C25H23FN2O4. The van der Waals surface area contributed by atoms with Crippen LogP contribution >= 0.6 is 0 Å². The largest absolute Gasteiger partial charge is 0.493 e. The highest BCUT2D eigenvalue weighted by Gasteiger charge is 2.26. The molecule has 3 heterocycles. The number of aromatic nitrogens is 2. The highest BCUT2D eigenvalue weighted by molar-refractivity contribution is 5.79. The number of hydrogen-bond acceptors (Lipinski definition) is 5. The Kier molecular flexibility index (Phi) is 5.17. The van der Waals surface area contributed by atoms with Gasteiger partial charge in [0.25, 0.3) is 5.56 Å². The Hall–Kier alpha value is -3.61. The van der Waals surface area contributed by atoms with E-state index in [0.717, 1.165) is 30.7 Å². The topological polar surface area (TPSA) is 66.5 Å². The standard InChI is InChI=1S/C25H23FN2O4/c1-30-20-10-5-15(13-22(20)31-2)12-17-4-3-11-28-23(17)27-24-19(25(28)29)14-21(32-24)16-6-8-18(26)9-7-16/h5-10,13-14,17H,3-4,11-12H2,1-2H3. The first-order valence-corrected chi connectivity index (χ1v) is 10.6. The maximum Gasteiger partial charge on any atom is 0.264 e. The minimum Gasteiger partial charge on any atom is -0.493 e. The van der Waals surface area contributed by atoms with E-state index in [1.54, 1.807) is 37.0 Å². The van der Waals surface area contributed by atoms with Crippen molar-refractivity contribution in [2.45, 2.75) is 31.7 Å². The van der Waals surface area contributed by atoms with E-state index >= 15 is 0 Å². The Labute approximate surface area is 184 Å². The summed E-state index contributed by atoms with van der Waals surface area (Å²) in [5, 5.41) is 0.444. The molecule has 2 aromatic heterocycles. The summed E-state index contributed by atoms with van der Waals surface area (Å²) in [5.74, 6) is 2.36. The Balaban J connectivity index is 1.53. The summed E-state index contributed by atoms with van der Waals surface area (Å²) in [6, 6.07) is 13.6. The highest BCUT2D eigenvalue weighted by Crippen LogP contribution is 2.34. The summed E-state index contributed by atoms with van der Waals surface area (Å²) in [7, 11) is 3.23. The average Bonchev–Trinajstić information content (AvgIpc) is 3.25. The summed E-state index contributed by atoms with van der Waals surface area (Å²) in [4.78, 5) is 18.0. The van der Waals surface area contributed by atoms with Crippen molar-refractivity contribution in [2.75, 3.05) is 14.2 Å². The zero-order valence-electron chi connectivity index (χ0n) is 17.9. The molecule has 0 saturated carbocycles. The van der Waals surface area contributed by atoms with Crippen LogP contribution in [0.25, 0.3) is 22.4 Å². The molecule has 1 aliphatic rings. The van der Waals surface area contributed by atoms with Gasteiger partial charge in [-0.2, -0.15) is 4.98 Å². The van der Waals surface area contributed by atoms with Crippen LogP contribution in [0.4, 0.5) is 4.39 Å². The molecule has 1 aliphatic heterocycles. The molecule has 1 atom stereocenters. The van der Waals surface area contributed by atoms with Gasteiger partial charge in [0.15, 0.2) is 11.5 Å². The van der Waals surface area contributed by atoms with E-state index in [9.17, 15) is 9.18 Å². The van der Waals surface area contributed by atoms with E-state index in [-0.39, 0.29) is 17.3 Å². The fraction of sp³-hybridized carbons (Fsp3) is 0.280. The molecule has 0 aliphatic carbocycles. The van der Waals surface area contributed by atoms with E-state index in [1.807, 2.05) is 18.2 Å². The van der Waals surface area contributed by atoms with Gasteiger partial charge >= 0.3 is 0 Å². The molecule has 1 unspecified atom stereocenters. The predicted molar refractivity (Wildman–Crippen MR) is 119 cm³/mol. The van der Waals surface area contributed by atoms with Gasteiger partial charge in [-0.3, -0.25) is 9.36 Å². The lowest BCUT2D eigenvalue weighted by Crippen LogP contribution is -2.30. The molecule has 0 spiro atoms. The van der Waals surface area contributed by atoms with Crippen LogP contribution in [0.15, 0.2) is 57.7 Å². The second-order valence-electron chi connectivity index (χ2n) is 8.00. The van der Waals surface area contributed by atoms with E-state index in [1.165, 1.54) is 12.1 Å². The molecule has 4 aromatic rings. The normalized spacial score (nSPS) is 15.5. The van der Waals surface area contributed by atoms with Crippen LogP contribution in [0.2, 0.25) is 0 Å². The number of nitrogens with zero attached hydrogens (tertiary/aromatic N) is 2. The molecule has 5 rings (SSSR count). The van der Waals surface area contributed by atoms with Crippen LogP contribution in [-0.2, 0) is 13.0 Å². The number of ether oxygens (including phenoxy) is 2. The molecule has 0 amide bonds. The first-order valence-electron chi connectivity index (χ1n) is 10.6. The summed E-state index contributed by atoms with van der Waals surface area (Å²) < 4.78 is 31.7. The lowest BCUT2D eigenvalue weighted by Gasteiger charge is -2.25. The second kappa shape index (κ2) is 8.15. The van der Waals surface area contributed by atoms with Crippen LogP contribution < -0.4 is 15.0 Å². The van der Waals surface area contributed by atoms with Gasteiger partial charge in [-0.1, -0.05) is 6.07 Å². The number of hydrogen-bond donors (Lipinski definition) is 0. The van der Waals surface area contributed by atoms with E-state index in [2.05, 4.69) is 0 Å². The molecule has 32 heavy (non-hydrogen) atoms. The van der Waals surface area contributed by atoms with E-state index < -0.39 is 0 Å². The first kappa shape index (κ1) is 20.3. The minimum atomic E-state index is -0.323. The Bertz CT molecular complexity index is 1340. The lowest BCUT2D eigenvalue weighted by molar-refractivity contribution is 0.354. The van der Waals surface area contributed by atoms with Crippen LogP contribution in [0.1, 0.15) is 30.1 Å². The van der Waals surface area contributed by atoms with Crippen molar-refractivity contribution in [3.8, 4) is 22.8 Å².